The first-order chi connectivity index (χ1) is 9.63. The van der Waals surface area contributed by atoms with Gasteiger partial charge in [-0.3, -0.25) is 4.90 Å². The van der Waals surface area contributed by atoms with E-state index in [0.29, 0.717) is 6.54 Å². The second kappa shape index (κ2) is 6.17. The maximum atomic E-state index is 6.16. The highest BCUT2D eigenvalue weighted by Gasteiger charge is 2.40. The van der Waals surface area contributed by atoms with Gasteiger partial charge >= 0.3 is 0 Å². The minimum Gasteiger partial charge on any atom is -0.367 e. The minimum atomic E-state index is -0.194. The Morgan fingerprint density at radius 1 is 1.29 bits per heavy atom. The lowest BCUT2D eigenvalue weighted by Gasteiger charge is -2.49. The number of benzene rings is 1. The van der Waals surface area contributed by atoms with Crippen LogP contribution in [-0.2, 0) is 4.74 Å². The molecule has 1 atom stereocenters. The van der Waals surface area contributed by atoms with Gasteiger partial charge in [0, 0.05) is 35.2 Å². The average Bonchev–Trinajstić information content (AvgIpc) is 2.30. The van der Waals surface area contributed by atoms with E-state index < -0.39 is 0 Å². The van der Waals surface area contributed by atoms with E-state index in [-0.39, 0.29) is 17.2 Å². The lowest BCUT2D eigenvalue weighted by Crippen LogP contribution is -2.58. The van der Waals surface area contributed by atoms with Crippen LogP contribution in [0.25, 0.3) is 0 Å². The first-order valence-corrected chi connectivity index (χ1v) is 8.40. The Morgan fingerprint density at radius 2 is 1.86 bits per heavy atom. The van der Waals surface area contributed by atoms with Gasteiger partial charge in [0.2, 0.25) is 0 Å². The Bertz CT molecular complexity index is 503. The molecule has 118 valence electrons. The summed E-state index contributed by atoms with van der Waals surface area (Å²) in [5, 5.41) is 0.735. The van der Waals surface area contributed by atoms with Gasteiger partial charge in [-0.25, -0.2) is 0 Å². The lowest BCUT2D eigenvalue weighted by molar-refractivity contribution is -0.187. The first kappa shape index (κ1) is 17.2. The van der Waals surface area contributed by atoms with E-state index in [1.54, 1.807) is 0 Å². The fourth-order valence-electron chi connectivity index (χ4n) is 3.31. The third-order valence-electron chi connectivity index (χ3n) is 3.70. The summed E-state index contributed by atoms with van der Waals surface area (Å²) in [7, 11) is 0. The molecule has 21 heavy (non-hydrogen) atoms. The molecule has 1 aromatic carbocycles. The van der Waals surface area contributed by atoms with Crippen LogP contribution in [0.2, 0.25) is 5.02 Å². The first-order valence-electron chi connectivity index (χ1n) is 7.23. The van der Waals surface area contributed by atoms with Crippen LogP contribution in [0.3, 0.4) is 0 Å². The van der Waals surface area contributed by atoms with Crippen molar-refractivity contribution in [2.45, 2.75) is 44.9 Å². The molecule has 5 heteroatoms. The Morgan fingerprint density at radius 3 is 2.38 bits per heavy atom. The standard InChI is InChI=1S/C16H24BrClN2O/c1-15(2)9-20(10-16(3,4)21-15)14(8-19)12-7-11(18)5-6-13(12)17/h5-7,14H,8-10,19H2,1-4H3. The molecule has 0 bridgehead atoms. The molecular formula is C16H24BrClN2O. The van der Waals surface area contributed by atoms with E-state index in [9.17, 15) is 0 Å². The average molecular weight is 376 g/mol. The van der Waals surface area contributed by atoms with Crippen LogP contribution >= 0.6 is 27.5 Å². The summed E-state index contributed by atoms with van der Waals surface area (Å²) < 4.78 is 7.20. The van der Waals surface area contributed by atoms with Gasteiger partial charge in [0.1, 0.15) is 0 Å². The van der Waals surface area contributed by atoms with Crippen molar-refractivity contribution in [3.8, 4) is 0 Å². The molecule has 1 unspecified atom stereocenters. The van der Waals surface area contributed by atoms with Crippen LogP contribution in [0.5, 0.6) is 0 Å². The molecule has 3 nitrogen and oxygen atoms in total. The second-order valence-electron chi connectivity index (χ2n) is 6.94. The number of halogens is 2. The zero-order valence-corrected chi connectivity index (χ0v) is 15.5. The Hall–Kier alpha value is -0.130. The van der Waals surface area contributed by atoms with Crippen molar-refractivity contribution < 1.29 is 4.74 Å². The van der Waals surface area contributed by atoms with Crippen molar-refractivity contribution in [1.29, 1.82) is 0 Å². The van der Waals surface area contributed by atoms with E-state index in [2.05, 4.69) is 48.5 Å². The van der Waals surface area contributed by atoms with Crippen LogP contribution < -0.4 is 5.73 Å². The molecule has 0 aromatic heterocycles. The zero-order chi connectivity index (χ0) is 15.8. The van der Waals surface area contributed by atoms with Crippen LogP contribution in [0, 0.1) is 0 Å². The maximum Gasteiger partial charge on any atom is 0.0761 e. The predicted octanol–water partition coefficient (Wildman–Crippen LogP) is 3.99. The second-order valence-corrected chi connectivity index (χ2v) is 8.23. The van der Waals surface area contributed by atoms with Crippen molar-refractivity contribution >= 4 is 27.5 Å². The number of hydrogen-bond donors (Lipinski definition) is 1. The highest BCUT2D eigenvalue weighted by molar-refractivity contribution is 9.10. The lowest BCUT2D eigenvalue weighted by atomic mass is 9.95. The molecular weight excluding hydrogens is 352 g/mol. The zero-order valence-electron chi connectivity index (χ0n) is 13.1. The number of hydrogen-bond acceptors (Lipinski definition) is 3. The highest BCUT2D eigenvalue weighted by atomic mass is 79.9. The fraction of sp³-hybridized carbons (Fsp3) is 0.625. The molecule has 0 saturated carbocycles. The maximum absolute atomic E-state index is 6.16. The van der Waals surface area contributed by atoms with E-state index >= 15 is 0 Å². The number of morpholine rings is 1. The smallest absolute Gasteiger partial charge is 0.0761 e. The van der Waals surface area contributed by atoms with Gasteiger partial charge in [-0.1, -0.05) is 27.5 Å². The molecule has 1 fully saturated rings. The van der Waals surface area contributed by atoms with Crippen molar-refractivity contribution in [3.63, 3.8) is 0 Å². The minimum absolute atomic E-state index is 0.125. The molecule has 1 aliphatic heterocycles. The summed E-state index contributed by atoms with van der Waals surface area (Å²) in [6.45, 7) is 10.7. The van der Waals surface area contributed by atoms with E-state index in [1.807, 2.05) is 18.2 Å². The summed E-state index contributed by atoms with van der Waals surface area (Å²) in [6, 6.07) is 5.99. The van der Waals surface area contributed by atoms with E-state index in [4.69, 9.17) is 22.1 Å². The molecule has 2 N–H and O–H groups in total. The monoisotopic (exact) mass is 374 g/mol. The van der Waals surface area contributed by atoms with E-state index in [0.717, 1.165) is 28.1 Å². The molecule has 0 radical (unpaired) electrons. The van der Waals surface area contributed by atoms with Gasteiger partial charge in [-0.2, -0.15) is 0 Å². The molecule has 0 aliphatic carbocycles. The third-order valence-corrected chi connectivity index (χ3v) is 4.66. The van der Waals surface area contributed by atoms with E-state index in [1.165, 1.54) is 0 Å². The largest absolute Gasteiger partial charge is 0.367 e. The van der Waals surface area contributed by atoms with Crippen LogP contribution in [0.1, 0.15) is 39.3 Å². The Labute approximate surface area is 140 Å². The molecule has 0 spiro atoms. The molecule has 1 heterocycles. The normalized spacial score (nSPS) is 23.0. The Kier molecular flexibility index (Phi) is 5.06. The summed E-state index contributed by atoms with van der Waals surface area (Å²) in [4.78, 5) is 2.40. The number of ether oxygens (including phenoxy) is 1. The quantitative estimate of drug-likeness (QED) is 0.868. The highest BCUT2D eigenvalue weighted by Crippen LogP contribution is 2.36. The summed E-state index contributed by atoms with van der Waals surface area (Å²) >= 11 is 9.79. The summed E-state index contributed by atoms with van der Waals surface area (Å²) in [5.74, 6) is 0. The summed E-state index contributed by atoms with van der Waals surface area (Å²) in [5.41, 5.74) is 6.83. The molecule has 1 aliphatic rings. The van der Waals surface area contributed by atoms with Gasteiger partial charge in [0.15, 0.2) is 0 Å². The van der Waals surface area contributed by atoms with Crippen LogP contribution in [-0.4, -0.2) is 35.7 Å². The predicted molar refractivity (Wildman–Crippen MR) is 91.8 cm³/mol. The topological polar surface area (TPSA) is 38.5 Å². The fourth-order valence-corrected chi connectivity index (χ4v) is 4.00. The molecule has 0 amide bonds. The van der Waals surface area contributed by atoms with Crippen molar-refractivity contribution in [1.82, 2.24) is 4.90 Å². The van der Waals surface area contributed by atoms with Gasteiger partial charge in [-0.15, -0.1) is 0 Å². The van der Waals surface area contributed by atoms with Crippen molar-refractivity contribution in [3.05, 3.63) is 33.3 Å². The molecule has 1 aromatic rings. The van der Waals surface area contributed by atoms with Gasteiger partial charge in [0.05, 0.1) is 11.2 Å². The van der Waals surface area contributed by atoms with Crippen molar-refractivity contribution in [2.75, 3.05) is 19.6 Å². The summed E-state index contributed by atoms with van der Waals surface area (Å²) in [6.07, 6.45) is 0. The SMILES string of the molecule is CC1(C)CN(C(CN)c2cc(Cl)ccc2Br)CC(C)(C)O1. The number of rotatable bonds is 3. The third kappa shape index (κ3) is 4.20. The van der Waals surface area contributed by atoms with Gasteiger partial charge in [-0.05, 0) is 51.5 Å². The molecule has 2 rings (SSSR count). The Balaban J connectivity index is 2.34. The van der Waals surface area contributed by atoms with Gasteiger partial charge < -0.3 is 10.5 Å². The van der Waals surface area contributed by atoms with Gasteiger partial charge in [0.25, 0.3) is 0 Å². The van der Waals surface area contributed by atoms with Crippen molar-refractivity contribution in [2.24, 2.45) is 5.73 Å². The number of nitrogens with two attached hydrogens (primary N) is 1. The molecule has 1 saturated heterocycles. The van der Waals surface area contributed by atoms with Crippen LogP contribution in [0.15, 0.2) is 22.7 Å². The number of nitrogens with zero attached hydrogens (tertiary/aromatic N) is 1. The van der Waals surface area contributed by atoms with Crippen LogP contribution in [0.4, 0.5) is 0 Å².